The SMILES string of the molecule is CCOC(=N)c1ccc2[nH]ncc2c1.Cl.Cl. The molecule has 16 heavy (non-hydrogen) atoms. The van der Waals surface area contributed by atoms with Crippen LogP contribution in [0.15, 0.2) is 24.4 Å². The highest BCUT2D eigenvalue weighted by Gasteiger charge is 2.03. The number of aromatic nitrogens is 2. The first-order valence-corrected chi connectivity index (χ1v) is 4.46. The lowest BCUT2D eigenvalue weighted by Gasteiger charge is -2.03. The first-order valence-electron chi connectivity index (χ1n) is 4.46. The largest absolute Gasteiger partial charge is 0.478 e. The molecule has 0 aliphatic heterocycles. The minimum atomic E-state index is 0. The molecule has 0 aliphatic rings. The molecule has 2 rings (SSSR count). The zero-order chi connectivity index (χ0) is 9.97. The third-order valence-corrected chi connectivity index (χ3v) is 1.99. The van der Waals surface area contributed by atoms with E-state index in [1.54, 1.807) is 6.20 Å². The minimum Gasteiger partial charge on any atom is -0.478 e. The monoisotopic (exact) mass is 261 g/mol. The molecular formula is C10H13Cl2N3O. The molecule has 0 bridgehead atoms. The van der Waals surface area contributed by atoms with Gasteiger partial charge in [0.15, 0.2) is 0 Å². The van der Waals surface area contributed by atoms with Gasteiger partial charge in [0, 0.05) is 10.9 Å². The van der Waals surface area contributed by atoms with E-state index in [-0.39, 0.29) is 30.7 Å². The van der Waals surface area contributed by atoms with E-state index in [1.807, 2.05) is 25.1 Å². The average molecular weight is 262 g/mol. The Morgan fingerprint density at radius 1 is 1.44 bits per heavy atom. The summed E-state index contributed by atoms with van der Waals surface area (Å²) in [6.45, 7) is 2.38. The van der Waals surface area contributed by atoms with Gasteiger partial charge in [-0.2, -0.15) is 5.10 Å². The second kappa shape index (κ2) is 6.35. The van der Waals surface area contributed by atoms with Crippen molar-refractivity contribution in [2.24, 2.45) is 0 Å². The van der Waals surface area contributed by atoms with Crippen LogP contribution in [0.2, 0.25) is 0 Å². The maximum absolute atomic E-state index is 7.61. The molecule has 88 valence electrons. The lowest BCUT2D eigenvalue weighted by Crippen LogP contribution is -2.03. The van der Waals surface area contributed by atoms with Crippen LogP contribution < -0.4 is 0 Å². The highest BCUT2D eigenvalue weighted by molar-refractivity contribution is 5.95. The van der Waals surface area contributed by atoms with Crippen LogP contribution in [-0.2, 0) is 4.74 Å². The second-order valence-corrected chi connectivity index (χ2v) is 2.93. The fourth-order valence-electron chi connectivity index (χ4n) is 1.31. The molecule has 6 heteroatoms. The number of nitrogens with zero attached hydrogens (tertiary/aromatic N) is 1. The number of nitrogens with one attached hydrogen (secondary N) is 2. The highest BCUT2D eigenvalue weighted by Crippen LogP contribution is 2.13. The number of hydrogen-bond donors (Lipinski definition) is 2. The lowest BCUT2D eigenvalue weighted by atomic mass is 10.1. The van der Waals surface area contributed by atoms with Crippen LogP contribution in [-0.4, -0.2) is 22.7 Å². The summed E-state index contributed by atoms with van der Waals surface area (Å²) in [5, 5.41) is 15.4. The van der Waals surface area contributed by atoms with Crippen LogP contribution in [0.4, 0.5) is 0 Å². The van der Waals surface area contributed by atoms with Crippen molar-refractivity contribution in [3.8, 4) is 0 Å². The van der Waals surface area contributed by atoms with E-state index in [1.165, 1.54) is 0 Å². The van der Waals surface area contributed by atoms with Crippen molar-refractivity contribution in [2.75, 3.05) is 6.61 Å². The van der Waals surface area contributed by atoms with Crippen molar-refractivity contribution in [3.63, 3.8) is 0 Å². The summed E-state index contributed by atoms with van der Waals surface area (Å²) < 4.78 is 5.11. The summed E-state index contributed by atoms with van der Waals surface area (Å²) in [7, 11) is 0. The Kier molecular flexibility index (Phi) is 5.85. The van der Waals surface area contributed by atoms with Gasteiger partial charge in [0.1, 0.15) is 0 Å². The number of rotatable bonds is 2. The first kappa shape index (κ1) is 14.7. The maximum atomic E-state index is 7.61. The van der Waals surface area contributed by atoms with Crippen LogP contribution in [0.1, 0.15) is 12.5 Å². The van der Waals surface area contributed by atoms with Gasteiger partial charge in [-0.15, -0.1) is 24.8 Å². The van der Waals surface area contributed by atoms with Crippen molar-refractivity contribution < 1.29 is 4.74 Å². The van der Waals surface area contributed by atoms with Gasteiger partial charge in [-0.25, -0.2) is 0 Å². The Balaban J connectivity index is 0.00000112. The molecule has 0 spiro atoms. The molecule has 0 saturated carbocycles. The van der Waals surface area contributed by atoms with Gasteiger partial charge < -0.3 is 4.74 Å². The molecule has 0 unspecified atom stereocenters. The van der Waals surface area contributed by atoms with E-state index < -0.39 is 0 Å². The van der Waals surface area contributed by atoms with Gasteiger partial charge in [0.05, 0.1) is 18.3 Å². The Morgan fingerprint density at radius 2 is 2.19 bits per heavy atom. The number of H-pyrrole nitrogens is 1. The molecule has 2 N–H and O–H groups in total. The molecule has 0 atom stereocenters. The number of benzene rings is 1. The van der Waals surface area contributed by atoms with Gasteiger partial charge in [0.25, 0.3) is 0 Å². The average Bonchev–Trinajstić information content (AvgIpc) is 2.64. The Bertz CT molecular complexity index is 470. The van der Waals surface area contributed by atoms with E-state index in [9.17, 15) is 0 Å². The molecule has 0 amide bonds. The normalized spacial score (nSPS) is 9.06. The summed E-state index contributed by atoms with van der Waals surface area (Å²) in [5.41, 5.74) is 1.75. The van der Waals surface area contributed by atoms with E-state index >= 15 is 0 Å². The zero-order valence-corrected chi connectivity index (χ0v) is 10.3. The quantitative estimate of drug-likeness (QED) is 0.645. The van der Waals surface area contributed by atoms with Gasteiger partial charge in [-0.05, 0) is 25.1 Å². The third kappa shape index (κ3) is 2.87. The molecule has 0 fully saturated rings. The summed E-state index contributed by atoms with van der Waals surface area (Å²) in [5.74, 6) is 0.204. The Morgan fingerprint density at radius 3 is 2.88 bits per heavy atom. The van der Waals surface area contributed by atoms with E-state index in [4.69, 9.17) is 10.1 Å². The number of fused-ring (bicyclic) bond motifs is 1. The van der Waals surface area contributed by atoms with E-state index in [0.717, 1.165) is 16.5 Å². The predicted octanol–water partition coefficient (Wildman–Crippen LogP) is 2.77. The number of ether oxygens (including phenoxy) is 1. The van der Waals surface area contributed by atoms with E-state index in [0.29, 0.717) is 6.61 Å². The zero-order valence-electron chi connectivity index (χ0n) is 8.69. The van der Waals surface area contributed by atoms with Crippen LogP contribution in [0, 0.1) is 5.41 Å². The fraction of sp³-hybridized carbons (Fsp3) is 0.200. The molecule has 0 saturated heterocycles. The Hall–Kier alpha value is -1.26. The van der Waals surface area contributed by atoms with Crippen LogP contribution in [0.5, 0.6) is 0 Å². The van der Waals surface area contributed by atoms with Crippen LogP contribution in [0.25, 0.3) is 10.9 Å². The summed E-state index contributed by atoms with van der Waals surface area (Å²) in [6.07, 6.45) is 1.73. The standard InChI is InChI=1S/C10H11N3O.2ClH/c1-2-14-10(11)7-3-4-9-8(5-7)6-12-13-9;;/h3-6,11H,2H2,1H3,(H,12,13);2*1H. The Labute approximate surface area is 106 Å². The van der Waals surface area contributed by atoms with Gasteiger partial charge in [0.2, 0.25) is 5.90 Å². The number of halogens is 2. The van der Waals surface area contributed by atoms with Crippen molar-refractivity contribution >= 4 is 41.6 Å². The summed E-state index contributed by atoms with van der Waals surface area (Å²) in [6, 6.07) is 5.63. The molecule has 2 aromatic rings. The summed E-state index contributed by atoms with van der Waals surface area (Å²) in [4.78, 5) is 0. The summed E-state index contributed by atoms with van der Waals surface area (Å²) >= 11 is 0. The van der Waals surface area contributed by atoms with Crippen molar-refractivity contribution in [1.82, 2.24) is 10.2 Å². The smallest absolute Gasteiger partial charge is 0.213 e. The first-order chi connectivity index (χ1) is 6.81. The third-order valence-electron chi connectivity index (χ3n) is 1.99. The number of aromatic amines is 1. The van der Waals surface area contributed by atoms with Gasteiger partial charge >= 0.3 is 0 Å². The minimum absolute atomic E-state index is 0. The van der Waals surface area contributed by atoms with Crippen LogP contribution >= 0.6 is 24.8 Å². The molecule has 4 nitrogen and oxygen atoms in total. The highest BCUT2D eigenvalue weighted by atomic mass is 35.5. The molecule has 1 heterocycles. The van der Waals surface area contributed by atoms with Gasteiger partial charge in [-0.1, -0.05) is 0 Å². The second-order valence-electron chi connectivity index (χ2n) is 2.93. The fourth-order valence-corrected chi connectivity index (χ4v) is 1.31. The molecule has 1 aromatic carbocycles. The predicted molar refractivity (Wildman–Crippen MR) is 69.0 cm³/mol. The van der Waals surface area contributed by atoms with Gasteiger partial charge in [-0.3, -0.25) is 10.5 Å². The van der Waals surface area contributed by atoms with Crippen molar-refractivity contribution in [3.05, 3.63) is 30.0 Å². The number of hydrogen-bond acceptors (Lipinski definition) is 3. The molecule has 0 aliphatic carbocycles. The van der Waals surface area contributed by atoms with Crippen molar-refractivity contribution in [2.45, 2.75) is 6.92 Å². The lowest BCUT2D eigenvalue weighted by molar-refractivity contribution is 0.325. The topological polar surface area (TPSA) is 61.8 Å². The van der Waals surface area contributed by atoms with Crippen LogP contribution in [0.3, 0.4) is 0 Å². The molecule has 0 radical (unpaired) electrons. The maximum Gasteiger partial charge on any atom is 0.213 e. The van der Waals surface area contributed by atoms with E-state index in [2.05, 4.69) is 10.2 Å². The molecular weight excluding hydrogens is 249 g/mol. The van der Waals surface area contributed by atoms with Crippen molar-refractivity contribution in [1.29, 1.82) is 5.41 Å². The molecule has 1 aromatic heterocycles.